The zero-order valence-electron chi connectivity index (χ0n) is 12.5. The molecule has 0 aromatic carbocycles. The summed E-state index contributed by atoms with van der Waals surface area (Å²) in [5.74, 6) is 0.510. The molecule has 0 aliphatic rings. The van der Waals surface area contributed by atoms with Gasteiger partial charge in [0.1, 0.15) is 0 Å². The quantitative estimate of drug-likeness (QED) is 0.362. The van der Waals surface area contributed by atoms with Gasteiger partial charge < -0.3 is 0 Å². The maximum atomic E-state index is 4.09. The highest BCUT2D eigenvalue weighted by Crippen LogP contribution is 2.21. The lowest BCUT2D eigenvalue weighted by Crippen LogP contribution is -1.98. The molecule has 0 rings (SSSR count). The topological polar surface area (TPSA) is 0 Å². The van der Waals surface area contributed by atoms with Crippen molar-refractivity contribution in [3.8, 4) is 0 Å². The molecule has 0 N–H and O–H groups in total. The standard InChI is InChI=1S/C18H28/c1-7-9-11-16(5)17(6)13-14-18(15(3)4)12-10-8-2/h7,9-12,18H,1,3,8,13-14H2,2,4-6H3/b11-9-,12-10-,17-16+. The fourth-order valence-corrected chi connectivity index (χ4v) is 1.73. The van der Waals surface area contributed by atoms with Crippen LogP contribution in [-0.2, 0) is 0 Å². The Bertz CT molecular complexity index is 350. The van der Waals surface area contributed by atoms with Crippen molar-refractivity contribution >= 4 is 0 Å². The third kappa shape index (κ3) is 7.11. The van der Waals surface area contributed by atoms with Crippen LogP contribution >= 0.6 is 0 Å². The van der Waals surface area contributed by atoms with Crippen LogP contribution in [0.4, 0.5) is 0 Å². The van der Waals surface area contributed by atoms with Gasteiger partial charge in [-0.05, 0) is 46.0 Å². The van der Waals surface area contributed by atoms with Crippen LogP contribution in [0.3, 0.4) is 0 Å². The summed E-state index contributed by atoms with van der Waals surface area (Å²) in [6.07, 6.45) is 13.8. The molecule has 18 heavy (non-hydrogen) atoms. The molecule has 0 nitrogen and oxygen atoms in total. The molecule has 1 atom stereocenters. The Balaban J connectivity index is 4.51. The molecule has 1 unspecified atom stereocenters. The van der Waals surface area contributed by atoms with E-state index in [4.69, 9.17) is 0 Å². The Morgan fingerprint density at radius 2 is 1.89 bits per heavy atom. The smallest absolute Gasteiger partial charge is 0.00257 e. The van der Waals surface area contributed by atoms with Crippen molar-refractivity contribution in [1.82, 2.24) is 0 Å². The zero-order valence-corrected chi connectivity index (χ0v) is 12.5. The molecule has 100 valence electrons. The highest BCUT2D eigenvalue weighted by Gasteiger charge is 2.06. The van der Waals surface area contributed by atoms with E-state index in [1.54, 1.807) is 0 Å². The van der Waals surface area contributed by atoms with E-state index in [2.05, 4.69) is 59.1 Å². The van der Waals surface area contributed by atoms with Crippen LogP contribution in [0, 0.1) is 5.92 Å². The Morgan fingerprint density at radius 3 is 2.39 bits per heavy atom. The average Bonchev–Trinajstić information content (AvgIpc) is 2.35. The third-order valence-electron chi connectivity index (χ3n) is 3.22. The summed E-state index contributed by atoms with van der Waals surface area (Å²) in [6.45, 7) is 16.4. The lowest BCUT2D eigenvalue weighted by Gasteiger charge is -2.13. The van der Waals surface area contributed by atoms with E-state index >= 15 is 0 Å². The van der Waals surface area contributed by atoms with Crippen molar-refractivity contribution < 1.29 is 0 Å². The molecule has 0 spiro atoms. The van der Waals surface area contributed by atoms with Crippen molar-refractivity contribution in [2.45, 2.75) is 47.0 Å². The van der Waals surface area contributed by atoms with Crippen LogP contribution in [0.1, 0.15) is 47.0 Å². The van der Waals surface area contributed by atoms with Crippen LogP contribution in [-0.4, -0.2) is 0 Å². The first kappa shape index (κ1) is 16.7. The number of hydrogen-bond donors (Lipinski definition) is 0. The first-order valence-corrected chi connectivity index (χ1v) is 6.80. The first-order chi connectivity index (χ1) is 8.52. The Hall–Kier alpha value is -1.30. The predicted octanol–water partition coefficient (Wildman–Crippen LogP) is 6.00. The molecular formula is C18H28. The van der Waals surface area contributed by atoms with Gasteiger partial charge in [0.15, 0.2) is 0 Å². The van der Waals surface area contributed by atoms with E-state index in [0.717, 1.165) is 19.3 Å². The number of allylic oxidation sites excluding steroid dienone is 8. The summed E-state index contributed by atoms with van der Waals surface area (Å²) < 4.78 is 0. The van der Waals surface area contributed by atoms with Gasteiger partial charge in [-0.1, -0.05) is 67.2 Å². The average molecular weight is 244 g/mol. The van der Waals surface area contributed by atoms with Crippen LogP contribution < -0.4 is 0 Å². The lowest BCUT2D eigenvalue weighted by atomic mass is 9.92. The molecule has 0 aromatic heterocycles. The summed E-state index contributed by atoms with van der Waals surface area (Å²) in [6, 6.07) is 0. The van der Waals surface area contributed by atoms with Crippen molar-refractivity contribution in [3.63, 3.8) is 0 Å². The molecule has 0 heteroatoms. The number of rotatable bonds is 8. The normalized spacial score (nSPS) is 14.9. The van der Waals surface area contributed by atoms with Crippen LogP contribution in [0.25, 0.3) is 0 Å². The minimum atomic E-state index is 0.510. The molecule has 0 saturated carbocycles. The molecule has 0 bridgehead atoms. The van der Waals surface area contributed by atoms with E-state index in [0.29, 0.717) is 5.92 Å². The van der Waals surface area contributed by atoms with Gasteiger partial charge in [-0.15, -0.1) is 0 Å². The molecule has 0 radical (unpaired) electrons. The van der Waals surface area contributed by atoms with Gasteiger partial charge in [-0.2, -0.15) is 0 Å². The summed E-state index contributed by atoms with van der Waals surface area (Å²) in [5.41, 5.74) is 4.05. The molecule has 0 saturated heterocycles. The molecule has 0 heterocycles. The molecule has 0 amide bonds. The second kappa shape index (κ2) is 9.70. The maximum absolute atomic E-state index is 4.09. The van der Waals surface area contributed by atoms with Crippen molar-refractivity contribution in [1.29, 1.82) is 0 Å². The van der Waals surface area contributed by atoms with Crippen molar-refractivity contribution in [2.24, 2.45) is 5.92 Å². The van der Waals surface area contributed by atoms with Gasteiger partial charge >= 0.3 is 0 Å². The van der Waals surface area contributed by atoms with E-state index < -0.39 is 0 Å². The fraction of sp³-hybridized carbons (Fsp3) is 0.444. The van der Waals surface area contributed by atoms with Gasteiger partial charge in [-0.3, -0.25) is 0 Å². The van der Waals surface area contributed by atoms with E-state index in [-0.39, 0.29) is 0 Å². The van der Waals surface area contributed by atoms with Gasteiger partial charge in [0.25, 0.3) is 0 Å². The molecule has 0 fully saturated rings. The second-order valence-corrected chi connectivity index (χ2v) is 4.89. The van der Waals surface area contributed by atoms with Crippen LogP contribution in [0.15, 0.2) is 60.3 Å². The first-order valence-electron chi connectivity index (χ1n) is 6.80. The van der Waals surface area contributed by atoms with E-state index in [1.807, 2.05) is 12.2 Å². The monoisotopic (exact) mass is 244 g/mol. The molecule has 0 aromatic rings. The molecule has 0 aliphatic carbocycles. The molecular weight excluding hydrogens is 216 g/mol. The fourth-order valence-electron chi connectivity index (χ4n) is 1.73. The zero-order chi connectivity index (χ0) is 14.0. The summed E-state index contributed by atoms with van der Waals surface area (Å²) in [5, 5.41) is 0. The minimum absolute atomic E-state index is 0.510. The van der Waals surface area contributed by atoms with Gasteiger partial charge in [-0.25, -0.2) is 0 Å². The largest absolute Gasteiger partial charge is 0.0995 e. The Labute approximate surface area is 113 Å². The van der Waals surface area contributed by atoms with Crippen LogP contribution in [0.5, 0.6) is 0 Å². The highest BCUT2D eigenvalue weighted by molar-refractivity contribution is 5.25. The van der Waals surface area contributed by atoms with E-state index in [1.165, 1.54) is 16.7 Å². The van der Waals surface area contributed by atoms with Gasteiger partial charge in [0.2, 0.25) is 0 Å². The second-order valence-electron chi connectivity index (χ2n) is 4.89. The minimum Gasteiger partial charge on any atom is -0.0995 e. The maximum Gasteiger partial charge on any atom is -0.00257 e. The Kier molecular flexibility index (Phi) is 9.00. The predicted molar refractivity (Wildman–Crippen MR) is 84.7 cm³/mol. The van der Waals surface area contributed by atoms with Crippen molar-refractivity contribution in [2.75, 3.05) is 0 Å². The van der Waals surface area contributed by atoms with Gasteiger partial charge in [0.05, 0.1) is 0 Å². The van der Waals surface area contributed by atoms with Crippen LogP contribution in [0.2, 0.25) is 0 Å². The van der Waals surface area contributed by atoms with Crippen molar-refractivity contribution in [3.05, 3.63) is 60.3 Å². The highest BCUT2D eigenvalue weighted by atomic mass is 14.1. The summed E-state index contributed by atoms with van der Waals surface area (Å²) in [7, 11) is 0. The summed E-state index contributed by atoms with van der Waals surface area (Å²) >= 11 is 0. The summed E-state index contributed by atoms with van der Waals surface area (Å²) in [4.78, 5) is 0. The number of hydrogen-bond acceptors (Lipinski definition) is 0. The lowest BCUT2D eigenvalue weighted by molar-refractivity contribution is 0.667. The molecule has 0 aliphatic heterocycles. The Morgan fingerprint density at radius 1 is 1.22 bits per heavy atom. The van der Waals surface area contributed by atoms with Gasteiger partial charge in [0, 0.05) is 0 Å². The SMILES string of the molecule is C=C/C=C\C(C)=C(/C)CCC(/C=C\CC)C(=C)C. The van der Waals surface area contributed by atoms with E-state index in [9.17, 15) is 0 Å². The third-order valence-corrected chi connectivity index (χ3v) is 3.22.